The second-order valence-electron chi connectivity index (χ2n) is 6.72. The van der Waals surface area contributed by atoms with E-state index in [1.807, 2.05) is 55.5 Å². The Morgan fingerprint density at radius 3 is 2.56 bits per heavy atom. The van der Waals surface area contributed by atoms with Crippen molar-refractivity contribution in [1.82, 2.24) is 5.32 Å². The van der Waals surface area contributed by atoms with Crippen LogP contribution in [-0.2, 0) is 16.1 Å². The molecule has 1 saturated heterocycles. The van der Waals surface area contributed by atoms with Crippen LogP contribution in [0.3, 0.4) is 0 Å². The normalized spacial score (nSPS) is 15.5. The van der Waals surface area contributed by atoms with Crippen LogP contribution in [0.5, 0.6) is 11.5 Å². The number of para-hydroxylation sites is 1. The van der Waals surface area contributed by atoms with Gasteiger partial charge in [-0.05, 0) is 43.9 Å². The third-order valence-electron chi connectivity index (χ3n) is 4.75. The van der Waals surface area contributed by atoms with Crippen LogP contribution in [0.2, 0.25) is 0 Å². The molecule has 1 fully saturated rings. The highest BCUT2D eigenvalue weighted by molar-refractivity contribution is 5.85. The highest BCUT2D eigenvalue weighted by Gasteiger charge is 2.26. The van der Waals surface area contributed by atoms with Gasteiger partial charge in [-0.25, -0.2) is 0 Å². The van der Waals surface area contributed by atoms with E-state index in [9.17, 15) is 4.79 Å². The monoisotopic (exact) mass is 390 g/mol. The van der Waals surface area contributed by atoms with E-state index >= 15 is 0 Å². The van der Waals surface area contributed by atoms with Crippen molar-refractivity contribution >= 4 is 18.3 Å². The van der Waals surface area contributed by atoms with Crippen LogP contribution in [0.4, 0.5) is 0 Å². The van der Waals surface area contributed by atoms with E-state index < -0.39 is 6.04 Å². The Bertz CT molecular complexity index is 730. The standard InChI is InChI=1S/C21H26N2O3.ClH/c1-15-6-8-18(9-7-15)26-19-5-3-2-4-17(19)14-23-21(24)20(22)16-10-12-25-13-11-16;/h2-9,16,20H,10-14,22H2,1H3,(H,23,24);1H. The summed E-state index contributed by atoms with van der Waals surface area (Å²) in [6.45, 7) is 3.78. The van der Waals surface area contributed by atoms with E-state index in [2.05, 4.69) is 5.32 Å². The van der Waals surface area contributed by atoms with E-state index in [4.69, 9.17) is 15.2 Å². The lowest BCUT2D eigenvalue weighted by atomic mass is 9.92. The average molecular weight is 391 g/mol. The molecule has 0 aromatic heterocycles. The van der Waals surface area contributed by atoms with Gasteiger partial charge in [0.25, 0.3) is 0 Å². The van der Waals surface area contributed by atoms with Crippen molar-refractivity contribution < 1.29 is 14.3 Å². The van der Waals surface area contributed by atoms with E-state index in [1.54, 1.807) is 0 Å². The molecule has 146 valence electrons. The van der Waals surface area contributed by atoms with Gasteiger partial charge in [-0.2, -0.15) is 0 Å². The summed E-state index contributed by atoms with van der Waals surface area (Å²) < 4.78 is 11.3. The van der Waals surface area contributed by atoms with Crippen molar-refractivity contribution in [3.63, 3.8) is 0 Å². The SMILES string of the molecule is Cc1ccc(Oc2ccccc2CNC(=O)C(N)C2CCOCC2)cc1.Cl. The minimum Gasteiger partial charge on any atom is -0.457 e. The van der Waals surface area contributed by atoms with Crippen LogP contribution >= 0.6 is 12.4 Å². The fraction of sp³-hybridized carbons (Fsp3) is 0.381. The van der Waals surface area contributed by atoms with Gasteiger partial charge in [-0.1, -0.05) is 35.9 Å². The minimum atomic E-state index is -0.496. The number of hydrogen-bond acceptors (Lipinski definition) is 4. The largest absolute Gasteiger partial charge is 0.457 e. The highest BCUT2D eigenvalue weighted by Crippen LogP contribution is 2.25. The molecule has 2 aromatic rings. The summed E-state index contributed by atoms with van der Waals surface area (Å²) in [6, 6.07) is 15.1. The molecule has 1 unspecified atom stereocenters. The molecule has 3 rings (SSSR count). The van der Waals surface area contributed by atoms with Crippen LogP contribution in [0.1, 0.15) is 24.0 Å². The van der Waals surface area contributed by atoms with Gasteiger partial charge in [-0.3, -0.25) is 4.79 Å². The molecule has 0 spiro atoms. The highest BCUT2D eigenvalue weighted by atomic mass is 35.5. The molecular weight excluding hydrogens is 364 g/mol. The summed E-state index contributed by atoms with van der Waals surface area (Å²) in [6.07, 6.45) is 1.67. The van der Waals surface area contributed by atoms with Crippen LogP contribution in [0, 0.1) is 12.8 Å². The van der Waals surface area contributed by atoms with Gasteiger partial charge in [0.05, 0.1) is 6.04 Å². The molecule has 0 radical (unpaired) electrons. The Balaban J connectivity index is 0.00000261. The summed E-state index contributed by atoms with van der Waals surface area (Å²) in [5.41, 5.74) is 8.23. The number of ether oxygens (including phenoxy) is 2. The Kier molecular flexibility index (Phi) is 8.10. The second-order valence-corrected chi connectivity index (χ2v) is 6.72. The number of carbonyl (C=O) groups excluding carboxylic acids is 1. The lowest BCUT2D eigenvalue weighted by molar-refractivity contribution is -0.124. The van der Waals surface area contributed by atoms with Crippen LogP contribution in [0.15, 0.2) is 48.5 Å². The average Bonchev–Trinajstić information content (AvgIpc) is 2.69. The van der Waals surface area contributed by atoms with E-state index in [0.717, 1.165) is 29.9 Å². The lowest BCUT2D eigenvalue weighted by Gasteiger charge is -2.26. The molecule has 0 bridgehead atoms. The van der Waals surface area contributed by atoms with Crippen molar-refractivity contribution in [1.29, 1.82) is 0 Å². The zero-order valence-corrected chi connectivity index (χ0v) is 16.3. The molecule has 3 N–H and O–H groups in total. The van der Waals surface area contributed by atoms with E-state index in [1.165, 1.54) is 5.56 Å². The first-order valence-electron chi connectivity index (χ1n) is 9.07. The van der Waals surface area contributed by atoms with E-state index in [0.29, 0.717) is 19.8 Å². The Morgan fingerprint density at radius 2 is 1.85 bits per heavy atom. The van der Waals surface area contributed by atoms with Gasteiger partial charge in [0.15, 0.2) is 0 Å². The molecule has 1 aliphatic rings. The zero-order valence-electron chi connectivity index (χ0n) is 15.5. The van der Waals surface area contributed by atoms with E-state index in [-0.39, 0.29) is 24.2 Å². The predicted octanol–water partition coefficient (Wildman–Crippen LogP) is 3.58. The number of aryl methyl sites for hydroxylation is 1. The van der Waals surface area contributed by atoms with Crippen LogP contribution in [0.25, 0.3) is 0 Å². The van der Waals surface area contributed by atoms with Crippen molar-refractivity contribution in [2.75, 3.05) is 13.2 Å². The number of amides is 1. The first-order chi connectivity index (χ1) is 12.6. The fourth-order valence-corrected chi connectivity index (χ4v) is 3.07. The number of benzene rings is 2. The maximum absolute atomic E-state index is 12.4. The molecular formula is C21H27ClN2O3. The van der Waals surface area contributed by atoms with Gasteiger partial charge in [0.1, 0.15) is 11.5 Å². The number of nitrogens with one attached hydrogen (secondary N) is 1. The molecule has 6 heteroatoms. The predicted molar refractivity (Wildman–Crippen MR) is 108 cm³/mol. The number of rotatable bonds is 6. The number of hydrogen-bond donors (Lipinski definition) is 2. The van der Waals surface area contributed by atoms with Gasteiger partial charge in [-0.15, -0.1) is 12.4 Å². The molecule has 1 atom stereocenters. The van der Waals surface area contributed by atoms with Gasteiger partial charge >= 0.3 is 0 Å². The van der Waals surface area contributed by atoms with Crippen molar-refractivity contribution in [3.05, 3.63) is 59.7 Å². The molecule has 1 aliphatic heterocycles. The zero-order chi connectivity index (χ0) is 18.4. The van der Waals surface area contributed by atoms with Gasteiger partial charge < -0.3 is 20.5 Å². The lowest BCUT2D eigenvalue weighted by Crippen LogP contribution is -2.46. The summed E-state index contributed by atoms with van der Waals surface area (Å²) >= 11 is 0. The number of nitrogens with two attached hydrogens (primary N) is 1. The first kappa shape index (κ1) is 21.2. The Morgan fingerprint density at radius 1 is 1.19 bits per heavy atom. The molecule has 27 heavy (non-hydrogen) atoms. The third kappa shape index (κ3) is 5.96. The second kappa shape index (κ2) is 10.3. The van der Waals surface area contributed by atoms with Crippen molar-refractivity contribution in [3.8, 4) is 11.5 Å². The summed E-state index contributed by atoms with van der Waals surface area (Å²) in [5.74, 6) is 1.56. The summed E-state index contributed by atoms with van der Waals surface area (Å²) in [4.78, 5) is 12.4. The van der Waals surface area contributed by atoms with Crippen molar-refractivity contribution in [2.24, 2.45) is 11.7 Å². The summed E-state index contributed by atoms with van der Waals surface area (Å²) in [5, 5.41) is 2.95. The minimum absolute atomic E-state index is 0. The summed E-state index contributed by atoms with van der Waals surface area (Å²) in [7, 11) is 0. The molecule has 0 aliphatic carbocycles. The molecule has 2 aromatic carbocycles. The Hall–Kier alpha value is -2.08. The van der Waals surface area contributed by atoms with Crippen LogP contribution in [-0.4, -0.2) is 25.2 Å². The third-order valence-corrected chi connectivity index (χ3v) is 4.75. The molecule has 1 amide bonds. The fourth-order valence-electron chi connectivity index (χ4n) is 3.07. The topological polar surface area (TPSA) is 73.6 Å². The van der Waals surface area contributed by atoms with Crippen molar-refractivity contribution in [2.45, 2.75) is 32.4 Å². The quantitative estimate of drug-likeness (QED) is 0.790. The molecule has 5 nitrogen and oxygen atoms in total. The number of halogens is 1. The molecule has 1 heterocycles. The smallest absolute Gasteiger partial charge is 0.237 e. The van der Waals surface area contributed by atoms with Gasteiger partial charge in [0.2, 0.25) is 5.91 Å². The van der Waals surface area contributed by atoms with Gasteiger partial charge in [0, 0.05) is 25.3 Å². The Labute approximate surface area is 166 Å². The number of carbonyl (C=O) groups is 1. The molecule has 0 saturated carbocycles. The maximum atomic E-state index is 12.4. The maximum Gasteiger partial charge on any atom is 0.237 e. The first-order valence-corrected chi connectivity index (χ1v) is 9.07. The van der Waals surface area contributed by atoms with Crippen LogP contribution < -0.4 is 15.8 Å².